The van der Waals surface area contributed by atoms with E-state index in [0.29, 0.717) is 17.8 Å². The number of H-pyrrole nitrogens is 1. The molecule has 0 fully saturated rings. The maximum Gasteiger partial charge on any atom is 0.294 e. The first-order chi connectivity index (χ1) is 8.13. The highest BCUT2D eigenvalue weighted by Crippen LogP contribution is 2.22. The second kappa shape index (κ2) is 4.25. The van der Waals surface area contributed by atoms with Crippen molar-refractivity contribution in [1.29, 1.82) is 0 Å². The molecule has 0 radical (unpaired) electrons. The molecule has 0 aliphatic rings. The molecule has 0 amide bonds. The minimum Gasteiger partial charge on any atom is -0.268 e. The Labute approximate surface area is 96.6 Å². The number of hydrogen-bond acceptors (Lipinski definition) is 3. The van der Waals surface area contributed by atoms with Gasteiger partial charge in [0.15, 0.2) is 0 Å². The standard InChI is InChI=1S/C11H11N3O3/c1-2-8-7-11(15)12-13(8)9-5-3-4-6-10(9)14(16)17/h3-7H,2H2,1H3,(H,12,15). The van der Waals surface area contributed by atoms with Gasteiger partial charge in [-0.15, -0.1) is 0 Å². The van der Waals surface area contributed by atoms with Gasteiger partial charge in [-0.25, -0.2) is 0 Å². The Morgan fingerprint density at radius 1 is 1.41 bits per heavy atom. The number of aryl methyl sites for hydroxylation is 1. The Hall–Kier alpha value is -2.37. The van der Waals surface area contributed by atoms with Crippen LogP contribution < -0.4 is 5.56 Å². The molecule has 0 bridgehead atoms. The molecule has 1 aromatic heterocycles. The van der Waals surface area contributed by atoms with Crippen LogP contribution in [0.2, 0.25) is 0 Å². The van der Waals surface area contributed by atoms with E-state index >= 15 is 0 Å². The van der Waals surface area contributed by atoms with Gasteiger partial charge in [0.05, 0.1) is 4.92 Å². The number of para-hydroxylation sites is 2. The third-order valence-corrected chi connectivity index (χ3v) is 2.49. The molecule has 0 aliphatic heterocycles. The van der Waals surface area contributed by atoms with Gasteiger partial charge in [-0.3, -0.25) is 24.7 Å². The van der Waals surface area contributed by atoms with E-state index < -0.39 is 4.92 Å². The number of benzene rings is 1. The minimum absolute atomic E-state index is 0.0333. The zero-order chi connectivity index (χ0) is 12.4. The van der Waals surface area contributed by atoms with Gasteiger partial charge >= 0.3 is 0 Å². The fraction of sp³-hybridized carbons (Fsp3) is 0.182. The molecule has 0 spiro atoms. The van der Waals surface area contributed by atoms with Gasteiger partial charge in [0.25, 0.3) is 11.2 Å². The van der Waals surface area contributed by atoms with E-state index in [4.69, 9.17) is 0 Å². The molecular weight excluding hydrogens is 222 g/mol. The number of rotatable bonds is 3. The molecule has 1 N–H and O–H groups in total. The third kappa shape index (κ3) is 1.96. The Bertz CT molecular complexity index is 612. The molecule has 6 heteroatoms. The lowest BCUT2D eigenvalue weighted by atomic mass is 10.2. The Kier molecular flexibility index (Phi) is 2.78. The minimum atomic E-state index is -0.465. The molecule has 0 aliphatic carbocycles. The fourth-order valence-electron chi connectivity index (χ4n) is 1.71. The average Bonchev–Trinajstić information content (AvgIpc) is 2.70. The molecule has 88 valence electrons. The number of aromatic amines is 1. The predicted octanol–water partition coefficient (Wildman–Crippen LogP) is 1.64. The summed E-state index contributed by atoms with van der Waals surface area (Å²) in [6, 6.07) is 7.74. The number of aromatic nitrogens is 2. The molecule has 2 aromatic rings. The van der Waals surface area contributed by atoms with Crippen molar-refractivity contribution in [3.63, 3.8) is 0 Å². The second-order valence-corrected chi connectivity index (χ2v) is 3.55. The molecule has 1 heterocycles. The molecule has 2 rings (SSSR count). The summed E-state index contributed by atoms with van der Waals surface area (Å²) in [5.74, 6) is 0. The molecule has 0 unspecified atom stereocenters. The van der Waals surface area contributed by atoms with Crippen LogP contribution in [-0.2, 0) is 6.42 Å². The zero-order valence-electron chi connectivity index (χ0n) is 9.21. The van der Waals surface area contributed by atoms with E-state index in [9.17, 15) is 14.9 Å². The second-order valence-electron chi connectivity index (χ2n) is 3.55. The number of nitro benzene ring substituents is 1. The van der Waals surface area contributed by atoms with Gasteiger partial charge in [-0.2, -0.15) is 0 Å². The number of nitrogens with one attached hydrogen (secondary N) is 1. The monoisotopic (exact) mass is 233 g/mol. The summed E-state index contributed by atoms with van der Waals surface area (Å²) >= 11 is 0. The van der Waals surface area contributed by atoms with Crippen LogP contribution in [0, 0.1) is 10.1 Å². The topological polar surface area (TPSA) is 80.9 Å². The van der Waals surface area contributed by atoms with Gasteiger partial charge < -0.3 is 0 Å². The van der Waals surface area contributed by atoms with Crippen LogP contribution in [-0.4, -0.2) is 14.7 Å². The van der Waals surface area contributed by atoms with Crippen molar-refractivity contribution >= 4 is 5.69 Å². The first-order valence-electron chi connectivity index (χ1n) is 5.18. The Balaban J connectivity index is 2.67. The van der Waals surface area contributed by atoms with Gasteiger partial charge in [0, 0.05) is 17.8 Å². The highest BCUT2D eigenvalue weighted by molar-refractivity contribution is 5.52. The summed E-state index contributed by atoms with van der Waals surface area (Å²) in [6.45, 7) is 1.88. The van der Waals surface area contributed by atoms with Crippen molar-refractivity contribution in [3.8, 4) is 5.69 Å². The quantitative estimate of drug-likeness (QED) is 0.646. The maximum atomic E-state index is 11.3. The van der Waals surface area contributed by atoms with E-state index in [0.717, 1.165) is 0 Å². The summed E-state index contributed by atoms with van der Waals surface area (Å²) in [4.78, 5) is 21.7. The van der Waals surface area contributed by atoms with E-state index in [1.807, 2.05) is 6.92 Å². The van der Waals surface area contributed by atoms with Crippen LogP contribution in [0.15, 0.2) is 35.1 Å². The molecule has 1 aromatic carbocycles. The van der Waals surface area contributed by atoms with Crippen molar-refractivity contribution in [3.05, 3.63) is 56.5 Å². The van der Waals surface area contributed by atoms with E-state index in [1.165, 1.54) is 16.8 Å². The first-order valence-corrected chi connectivity index (χ1v) is 5.18. The summed E-state index contributed by atoms with van der Waals surface area (Å²) in [5.41, 5.74) is 0.787. The smallest absolute Gasteiger partial charge is 0.268 e. The first kappa shape index (κ1) is 11.1. The Morgan fingerprint density at radius 3 is 2.76 bits per heavy atom. The predicted molar refractivity (Wildman–Crippen MR) is 62.4 cm³/mol. The zero-order valence-corrected chi connectivity index (χ0v) is 9.21. The largest absolute Gasteiger partial charge is 0.294 e. The van der Waals surface area contributed by atoms with Crippen molar-refractivity contribution < 1.29 is 4.92 Å². The SMILES string of the molecule is CCc1cc(=O)[nH]n1-c1ccccc1[N+](=O)[O-]. The van der Waals surface area contributed by atoms with Crippen molar-refractivity contribution in [1.82, 2.24) is 9.78 Å². The highest BCUT2D eigenvalue weighted by atomic mass is 16.6. The van der Waals surface area contributed by atoms with Crippen LogP contribution in [0.4, 0.5) is 5.69 Å². The fourth-order valence-corrected chi connectivity index (χ4v) is 1.71. The lowest BCUT2D eigenvalue weighted by molar-refractivity contribution is -0.384. The summed E-state index contributed by atoms with van der Waals surface area (Å²) in [6.07, 6.45) is 0.616. The van der Waals surface area contributed by atoms with E-state index in [-0.39, 0.29) is 11.2 Å². The average molecular weight is 233 g/mol. The van der Waals surface area contributed by atoms with Gasteiger partial charge in [-0.1, -0.05) is 19.1 Å². The van der Waals surface area contributed by atoms with Crippen LogP contribution in [0.5, 0.6) is 0 Å². The van der Waals surface area contributed by atoms with Crippen molar-refractivity contribution in [2.45, 2.75) is 13.3 Å². The van der Waals surface area contributed by atoms with E-state index in [2.05, 4.69) is 5.10 Å². The summed E-state index contributed by atoms with van der Waals surface area (Å²) < 4.78 is 1.46. The Morgan fingerprint density at radius 2 is 2.12 bits per heavy atom. The highest BCUT2D eigenvalue weighted by Gasteiger charge is 2.16. The molecule has 17 heavy (non-hydrogen) atoms. The maximum absolute atomic E-state index is 11.3. The number of hydrogen-bond donors (Lipinski definition) is 1. The summed E-state index contributed by atoms with van der Waals surface area (Å²) in [5, 5.41) is 13.5. The number of nitrogens with zero attached hydrogens (tertiary/aromatic N) is 2. The van der Waals surface area contributed by atoms with Crippen LogP contribution in [0.3, 0.4) is 0 Å². The lowest BCUT2D eigenvalue weighted by Crippen LogP contribution is -2.07. The van der Waals surface area contributed by atoms with Crippen molar-refractivity contribution in [2.24, 2.45) is 0 Å². The molecule has 0 atom stereocenters. The van der Waals surface area contributed by atoms with Crippen LogP contribution in [0.1, 0.15) is 12.6 Å². The van der Waals surface area contributed by atoms with Gasteiger partial charge in [0.1, 0.15) is 5.69 Å². The van der Waals surface area contributed by atoms with Gasteiger partial charge in [-0.05, 0) is 12.5 Å². The normalized spacial score (nSPS) is 10.4. The number of nitro groups is 1. The lowest BCUT2D eigenvalue weighted by Gasteiger charge is -2.06. The van der Waals surface area contributed by atoms with Crippen molar-refractivity contribution in [2.75, 3.05) is 0 Å². The van der Waals surface area contributed by atoms with Gasteiger partial charge in [0.2, 0.25) is 0 Å². The molecule has 0 saturated heterocycles. The third-order valence-electron chi connectivity index (χ3n) is 2.49. The van der Waals surface area contributed by atoms with Crippen LogP contribution in [0.25, 0.3) is 5.69 Å². The molecular formula is C11H11N3O3. The van der Waals surface area contributed by atoms with E-state index in [1.54, 1.807) is 18.2 Å². The summed E-state index contributed by atoms with van der Waals surface area (Å²) in [7, 11) is 0. The van der Waals surface area contributed by atoms with Crippen LogP contribution >= 0.6 is 0 Å². The molecule has 6 nitrogen and oxygen atoms in total. The molecule has 0 saturated carbocycles.